The van der Waals surface area contributed by atoms with Crippen LogP contribution in [0.1, 0.15) is 34.1 Å². The first-order valence-corrected chi connectivity index (χ1v) is 7.78. The molecule has 6 heteroatoms. The van der Waals surface area contributed by atoms with E-state index in [0.717, 1.165) is 18.7 Å². The van der Waals surface area contributed by atoms with Crippen molar-refractivity contribution in [2.75, 3.05) is 18.0 Å². The zero-order valence-electron chi connectivity index (χ0n) is 13.6. The molecule has 1 unspecified atom stereocenters. The molecule has 0 aliphatic carbocycles. The van der Waals surface area contributed by atoms with E-state index in [2.05, 4.69) is 0 Å². The minimum atomic E-state index is -0.691. The molecule has 1 atom stereocenters. The predicted molar refractivity (Wildman–Crippen MR) is 85.0 cm³/mol. The lowest BCUT2D eigenvalue weighted by Gasteiger charge is -2.32. The van der Waals surface area contributed by atoms with Crippen molar-refractivity contribution < 1.29 is 18.8 Å². The van der Waals surface area contributed by atoms with Crippen LogP contribution in [-0.2, 0) is 9.31 Å². The minimum Gasteiger partial charge on any atom is -0.399 e. The van der Waals surface area contributed by atoms with Crippen LogP contribution in [0, 0.1) is 5.82 Å². The van der Waals surface area contributed by atoms with Crippen LogP contribution in [0.4, 0.5) is 10.1 Å². The Labute approximate surface area is 131 Å². The average molecular weight is 307 g/mol. The highest BCUT2D eigenvalue weighted by molar-refractivity contribution is 6.62. The van der Waals surface area contributed by atoms with Crippen molar-refractivity contribution in [3.63, 3.8) is 0 Å². The molecule has 2 heterocycles. The normalized spacial score (nSPS) is 26.7. The third kappa shape index (κ3) is 2.64. The fourth-order valence-corrected chi connectivity index (χ4v) is 2.85. The second-order valence-corrected chi connectivity index (χ2v) is 7.18. The largest absolute Gasteiger partial charge is 0.497 e. The summed E-state index contributed by atoms with van der Waals surface area (Å²) in [5.74, 6) is -0.336. The van der Waals surface area contributed by atoms with Crippen molar-refractivity contribution in [3.05, 3.63) is 24.0 Å². The minimum absolute atomic E-state index is 0.328. The molecule has 0 bridgehead atoms. The summed E-state index contributed by atoms with van der Waals surface area (Å²) < 4.78 is 26.3. The Kier molecular flexibility index (Phi) is 3.74. The van der Waals surface area contributed by atoms with Crippen molar-refractivity contribution in [3.8, 4) is 0 Å². The summed E-state index contributed by atoms with van der Waals surface area (Å²) in [4.78, 5) is 1.99. The molecule has 0 aromatic heterocycles. The fraction of sp³-hybridized carbons (Fsp3) is 0.625. The highest BCUT2D eigenvalue weighted by atomic mass is 19.1. The number of anilines is 1. The second-order valence-electron chi connectivity index (χ2n) is 7.18. The first kappa shape index (κ1) is 15.8. The molecule has 1 aromatic rings. The molecule has 120 valence electrons. The average Bonchev–Trinajstić information content (AvgIpc) is 2.91. The monoisotopic (exact) mass is 307 g/mol. The second kappa shape index (κ2) is 5.22. The molecule has 0 saturated carbocycles. The van der Waals surface area contributed by atoms with E-state index >= 15 is 0 Å². The summed E-state index contributed by atoms with van der Waals surface area (Å²) in [6.45, 7) is 9.09. The van der Waals surface area contributed by atoms with Gasteiger partial charge in [-0.15, -0.1) is 0 Å². The Bertz CT molecular complexity index is 563. The molecule has 1 aromatic carbocycles. The van der Waals surface area contributed by atoms with Gasteiger partial charge < -0.3 is 19.3 Å². The molecule has 2 aliphatic heterocycles. The Morgan fingerprint density at radius 3 is 2.36 bits per heavy atom. The third-order valence-corrected chi connectivity index (χ3v) is 5.02. The number of nitrogens with zero attached hydrogens (tertiary/aromatic N) is 1. The lowest BCUT2D eigenvalue weighted by molar-refractivity contribution is 0.00578. The maximum absolute atomic E-state index is 14.5. The van der Waals surface area contributed by atoms with Gasteiger partial charge in [-0.3, -0.25) is 0 Å². The molecule has 2 fully saturated rings. The summed E-state index contributed by atoms with van der Waals surface area (Å²) >= 11 is 0. The Morgan fingerprint density at radius 2 is 1.86 bits per heavy atom. The summed E-state index contributed by atoms with van der Waals surface area (Å²) in [7, 11) is -0.691. The van der Waals surface area contributed by atoms with E-state index in [0.29, 0.717) is 12.0 Å². The summed E-state index contributed by atoms with van der Waals surface area (Å²) in [6, 6.07) is 5.08. The van der Waals surface area contributed by atoms with E-state index in [-0.39, 0.29) is 11.9 Å². The highest BCUT2D eigenvalue weighted by Crippen LogP contribution is 2.36. The summed E-state index contributed by atoms with van der Waals surface area (Å²) in [6.07, 6.45) is 0.395. The highest BCUT2D eigenvalue weighted by Gasteiger charge is 2.52. The topological polar surface area (TPSA) is 41.9 Å². The van der Waals surface area contributed by atoms with Gasteiger partial charge in [-0.1, -0.05) is 6.07 Å². The van der Waals surface area contributed by atoms with E-state index in [4.69, 9.17) is 9.31 Å². The number of hydrogen-bond donors (Lipinski definition) is 1. The number of benzene rings is 1. The van der Waals surface area contributed by atoms with Gasteiger partial charge in [0.2, 0.25) is 0 Å². The third-order valence-electron chi connectivity index (χ3n) is 5.02. The Balaban J connectivity index is 1.82. The van der Waals surface area contributed by atoms with Crippen LogP contribution in [0.25, 0.3) is 0 Å². The van der Waals surface area contributed by atoms with Crippen LogP contribution in [0.2, 0.25) is 0 Å². The SMILES string of the molecule is CC1(C)OB(c2ccc(N3CCC(O)C3)cc2F)OC1(C)C. The number of rotatable bonds is 2. The van der Waals surface area contributed by atoms with Gasteiger partial charge in [0.25, 0.3) is 0 Å². The molecule has 1 N–H and O–H groups in total. The first-order valence-electron chi connectivity index (χ1n) is 7.78. The van der Waals surface area contributed by atoms with E-state index < -0.39 is 18.3 Å². The van der Waals surface area contributed by atoms with Crippen LogP contribution in [0.15, 0.2) is 18.2 Å². The van der Waals surface area contributed by atoms with Gasteiger partial charge in [-0.25, -0.2) is 4.39 Å². The molecule has 0 radical (unpaired) electrons. The standard InChI is InChI=1S/C16H23BFNO3/c1-15(2)16(3,4)22-17(21-15)13-6-5-11(9-14(13)18)19-8-7-12(20)10-19/h5-6,9,12,20H,7-8,10H2,1-4H3. The molecule has 0 spiro atoms. The van der Waals surface area contributed by atoms with Gasteiger partial charge in [0.1, 0.15) is 5.82 Å². The van der Waals surface area contributed by atoms with Gasteiger partial charge in [0.15, 0.2) is 0 Å². The molecule has 0 amide bonds. The zero-order chi connectivity index (χ0) is 16.1. The van der Waals surface area contributed by atoms with Crippen LogP contribution in [0.3, 0.4) is 0 Å². The van der Waals surface area contributed by atoms with Gasteiger partial charge in [0, 0.05) is 24.2 Å². The molecule has 2 saturated heterocycles. The van der Waals surface area contributed by atoms with Crippen LogP contribution >= 0.6 is 0 Å². The van der Waals surface area contributed by atoms with Crippen molar-refractivity contribution in [1.29, 1.82) is 0 Å². The van der Waals surface area contributed by atoms with Gasteiger partial charge in [0.05, 0.1) is 17.3 Å². The molecule has 22 heavy (non-hydrogen) atoms. The molecular formula is C16H23BFNO3. The number of aliphatic hydroxyl groups is 1. The Hall–Kier alpha value is -1.11. The lowest BCUT2D eigenvalue weighted by Crippen LogP contribution is -2.41. The Morgan fingerprint density at radius 1 is 1.23 bits per heavy atom. The maximum atomic E-state index is 14.5. The van der Waals surface area contributed by atoms with Gasteiger partial charge in [-0.05, 0) is 46.2 Å². The van der Waals surface area contributed by atoms with Gasteiger partial charge in [-0.2, -0.15) is 0 Å². The van der Waals surface area contributed by atoms with E-state index in [1.807, 2.05) is 38.7 Å². The van der Waals surface area contributed by atoms with Crippen molar-refractivity contribution in [2.24, 2.45) is 0 Å². The lowest BCUT2D eigenvalue weighted by atomic mass is 9.78. The van der Waals surface area contributed by atoms with Crippen molar-refractivity contribution in [2.45, 2.75) is 51.4 Å². The molecule has 2 aliphatic rings. The summed E-state index contributed by atoms with van der Waals surface area (Å²) in [5.41, 5.74) is 0.236. The van der Waals surface area contributed by atoms with Crippen LogP contribution in [0.5, 0.6) is 0 Å². The molecular weight excluding hydrogens is 284 g/mol. The number of β-amino-alcohol motifs (C(OH)–C–C–N with tert-alkyl or cyclic N) is 1. The maximum Gasteiger partial charge on any atom is 0.497 e. The number of halogens is 1. The van der Waals surface area contributed by atoms with E-state index in [1.165, 1.54) is 6.07 Å². The fourth-order valence-electron chi connectivity index (χ4n) is 2.85. The van der Waals surface area contributed by atoms with E-state index in [1.54, 1.807) is 6.07 Å². The number of hydrogen-bond acceptors (Lipinski definition) is 4. The van der Waals surface area contributed by atoms with Crippen molar-refractivity contribution in [1.82, 2.24) is 0 Å². The predicted octanol–water partition coefficient (Wildman–Crippen LogP) is 1.70. The van der Waals surface area contributed by atoms with Gasteiger partial charge >= 0.3 is 7.12 Å². The van der Waals surface area contributed by atoms with E-state index in [9.17, 15) is 9.50 Å². The zero-order valence-corrected chi connectivity index (χ0v) is 13.6. The van der Waals surface area contributed by atoms with Crippen molar-refractivity contribution >= 4 is 18.3 Å². The molecule has 3 rings (SSSR count). The van der Waals surface area contributed by atoms with Crippen LogP contribution < -0.4 is 10.4 Å². The summed E-state index contributed by atoms with van der Waals surface area (Å²) in [5, 5.41) is 9.60. The van der Waals surface area contributed by atoms with Crippen LogP contribution in [-0.4, -0.2) is 42.6 Å². The first-order chi connectivity index (χ1) is 10.2. The smallest absolute Gasteiger partial charge is 0.399 e. The number of aliphatic hydroxyl groups excluding tert-OH is 1. The quantitative estimate of drug-likeness (QED) is 0.845. The molecule has 4 nitrogen and oxygen atoms in total.